The highest BCUT2D eigenvalue weighted by molar-refractivity contribution is 7.30. The topological polar surface area (TPSA) is 104 Å². The number of hydrogen-bond acceptors (Lipinski definition) is 4. The van der Waals surface area contributed by atoms with Crippen molar-refractivity contribution in [2.75, 3.05) is 13.2 Å². The van der Waals surface area contributed by atoms with Crippen LogP contribution in [0.4, 0.5) is 0 Å². The molecule has 7 heteroatoms. The molecule has 0 aromatic rings. The van der Waals surface area contributed by atoms with Gasteiger partial charge in [0.05, 0.1) is 6.61 Å². The van der Waals surface area contributed by atoms with Crippen molar-refractivity contribution in [1.82, 2.24) is 0 Å². The van der Waals surface area contributed by atoms with Crippen molar-refractivity contribution in [2.45, 2.75) is 6.92 Å². The second-order valence-corrected chi connectivity index (χ2v) is 2.49. The maximum absolute atomic E-state index is 10.5. The zero-order valence-electron chi connectivity index (χ0n) is 7.19. The molecule has 0 spiro atoms. The maximum atomic E-state index is 10.5. The molecule has 0 amide bonds. The number of rotatable bonds is 3. The molecular formula is C6H13O6P. The molecule has 0 fully saturated rings. The third-order valence-corrected chi connectivity index (χ3v) is 0.673. The first-order valence-corrected chi connectivity index (χ1v) is 4.57. The fraction of sp³-hybridized carbons (Fsp3) is 0.500. The molecule has 3 N–H and O–H groups in total. The van der Waals surface area contributed by atoms with E-state index >= 15 is 0 Å². The van der Waals surface area contributed by atoms with Crippen molar-refractivity contribution in [3.63, 3.8) is 0 Å². The summed E-state index contributed by atoms with van der Waals surface area (Å²) >= 11 is 0. The van der Waals surface area contributed by atoms with Gasteiger partial charge in [0.15, 0.2) is 0 Å². The van der Waals surface area contributed by atoms with Gasteiger partial charge in [-0.3, -0.25) is 4.57 Å². The molecule has 13 heavy (non-hydrogen) atoms. The van der Waals surface area contributed by atoms with Crippen molar-refractivity contribution in [2.24, 2.45) is 0 Å². The van der Waals surface area contributed by atoms with E-state index in [1.165, 1.54) is 0 Å². The van der Waals surface area contributed by atoms with E-state index in [1.54, 1.807) is 6.92 Å². The lowest BCUT2D eigenvalue weighted by Crippen LogP contribution is -2.08. The Bertz CT molecular complexity index is 186. The molecule has 0 atom stereocenters. The molecule has 0 saturated carbocycles. The van der Waals surface area contributed by atoms with Crippen molar-refractivity contribution in [1.29, 1.82) is 0 Å². The van der Waals surface area contributed by atoms with E-state index in [1.807, 2.05) is 0 Å². The molecule has 0 radical (unpaired) electrons. The molecule has 0 aliphatic carbocycles. The van der Waals surface area contributed by atoms with E-state index < -0.39 is 14.2 Å². The minimum absolute atomic E-state index is 0.0473. The number of aliphatic hydroxyl groups excluding tert-OH is 1. The molecule has 6 nitrogen and oxygen atoms in total. The Balaban J connectivity index is 0. The van der Waals surface area contributed by atoms with Gasteiger partial charge in [0.1, 0.15) is 6.61 Å². The van der Waals surface area contributed by atoms with Crippen LogP contribution in [0.25, 0.3) is 0 Å². The lowest BCUT2D eigenvalue weighted by molar-refractivity contribution is -0.139. The Labute approximate surface area is 76.4 Å². The largest absolute Gasteiger partial charge is 0.460 e. The van der Waals surface area contributed by atoms with Gasteiger partial charge in [-0.05, 0) is 6.92 Å². The van der Waals surface area contributed by atoms with E-state index in [9.17, 15) is 4.79 Å². The van der Waals surface area contributed by atoms with Crippen LogP contribution < -0.4 is 0 Å². The number of aliphatic hydroxyl groups is 1. The normalized spacial score (nSPS) is 8.69. The summed E-state index contributed by atoms with van der Waals surface area (Å²) in [5.41, 5.74) is 0.350. The van der Waals surface area contributed by atoms with Crippen LogP contribution in [0.2, 0.25) is 0 Å². The number of esters is 1. The van der Waals surface area contributed by atoms with E-state index in [4.69, 9.17) is 19.5 Å². The minimum Gasteiger partial charge on any atom is -0.460 e. The third kappa shape index (κ3) is 18.4. The van der Waals surface area contributed by atoms with Gasteiger partial charge >= 0.3 is 14.2 Å². The maximum Gasteiger partial charge on any atom is 0.333 e. The van der Waals surface area contributed by atoms with Gasteiger partial charge in [0.25, 0.3) is 0 Å². The van der Waals surface area contributed by atoms with Crippen molar-refractivity contribution in [3.8, 4) is 0 Å². The summed E-state index contributed by atoms with van der Waals surface area (Å²) in [6.07, 6.45) is 0. The average Bonchev–Trinajstić information content (AvgIpc) is 1.98. The number of carbonyl (C=O) groups excluding carboxylic acids is 1. The fourth-order valence-electron chi connectivity index (χ4n) is 0.262. The molecule has 0 aliphatic heterocycles. The Kier molecular flexibility index (Phi) is 10.7. The average molecular weight is 212 g/mol. The lowest BCUT2D eigenvalue weighted by Gasteiger charge is -1.99. The predicted octanol–water partition coefficient (Wildman–Crippen LogP) is -0.541. The van der Waals surface area contributed by atoms with Crippen molar-refractivity contribution in [3.05, 3.63) is 12.2 Å². The highest BCUT2D eigenvalue weighted by atomic mass is 31.1. The van der Waals surface area contributed by atoms with Gasteiger partial charge < -0.3 is 19.6 Å². The predicted molar refractivity (Wildman–Crippen MR) is 46.3 cm³/mol. The number of carbonyl (C=O) groups is 1. The fourth-order valence-corrected chi connectivity index (χ4v) is 0.262. The molecule has 0 saturated heterocycles. The van der Waals surface area contributed by atoms with Crippen LogP contribution in [-0.2, 0) is 14.1 Å². The molecule has 0 unspecified atom stereocenters. The summed E-state index contributed by atoms with van der Waals surface area (Å²) in [7, 11) is -3.13. The summed E-state index contributed by atoms with van der Waals surface area (Å²) in [4.78, 5) is 24.8. The quantitative estimate of drug-likeness (QED) is 0.329. The number of ether oxygens (including phenoxy) is 1. The van der Waals surface area contributed by atoms with Gasteiger partial charge in [-0.2, -0.15) is 0 Å². The molecule has 0 bridgehead atoms. The Morgan fingerprint density at radius 2 is 1.92 bits per heavy atom. The zero-order valence-corrected chi connectivity index (χ0v) is 8.19. The van der Waals surface area contributed by atoms with E-state index in [-0.39, 0.29) is 13.2 Å². The second-order valence-electron chi connectivity index (χ2n) is 1.92. The molecule has 0 heterocycles. The highest BCUT2D eigenvalue weighted by Gasteiger charge is 1.99. The third-order valence-electron chi connectivity index (χ3n) is 0.673. The van der Waals surface area contributed by atoms with Crippen LogP contribution in [0, 0.1) is 0 Å². The van der Waals surface area contributed by atoms with Crippen LogP contribution >= 0.6 is 8.25 Å². The van der Waals surface area contributed by atoms with Gasteiger partial charge in [0.2, 0.25) is 0 Å². The molecule has 0 rings (SSSR count). The van der Waals surface area contributed by atoms with Crippen LogP contribution in [0.15, 0.2) is 12.2 Å². The van der Waals surface area contributed by atoms with E-state index in [2.05, 4.69) is 11.3 Å². The van der Waals surface area contributed by atoms with Gasteiger partial charge in [0, 0.05) is 5.57 Å². The molecule has 0 aliphatic rings. The van der Waals surface area contributed by atoms with Gasteiger partial charge in [-0.15, -0.1) is 0 Å². The summed E-state index contributed by atoms with van der Waals surface area (Å²) in [5.74, 6) is -0.455. The van der Waals surface area contributed by atoms with Crippen molar-refractivity contribution >= 4 is 14.2 Å². The first-order chi connectivity index (χ1) is 5.91. The van der Waals surface area contributed by atoms with Crippen molar-refractivity contribution < 1.29 is 29.0 Å². The van der Waals surface area contributed by atoms with E-state index in [0.717, 1.165) is 0 Å². The SMILES string of the molecule is C=C(C)C(=O)OCCO.O=[PH](O)O. The zero-order chi connectivity index (χ0) is 10.9. The lowest BCUT2D eigenvalue weighted by atomic mass is 10.4. The van der Waals surface area contributed by atoms with Crippen LogP contribution in [0.5, 0.6) is 0 Å². The second kappa shape index (κ2) is 9.41. The minimum atomic E-state index is -3.13. The molecule has 0 aromatic carbocycles. The van der Waals surface area contributed by atoms with Crippen LogP contribution in [0.1, 0.15) is 6.92 Å². The Morgan fingerprint density at radius 3 is 2.15 bits per heavy atom. The monoisotopic (exact) mass is 212 g/mol. The summed E-state index contributed by atoms with van der Waals surface area (Å²) in [6.45, 7) is 4.81. The Hall–Kier alpha value is -0.680. The number of hydrogen-bond donors (Lipinski definition) is 3. The van der Waals surface area contributed by atoms with Gasteiger partial charge in [-0.1, -0.05) is 6.58 Å². The van der Waals surface area contributed by atoms with E-state index in [0.29, 0.717) is 5.57 Å². The molecule has 78 valence electrons. The first kappa shape index (κ1) is 14.8. The molecule has 0 aromatic heterocycles. The molecular weight excluding hydrogens is 199 g/mol. The Morgan fingerprint density at radius 1 is 1.54 bits per heavy atom. The first-order valence-electron chi connectivity index (χ1n) is 3.27. The van der Waals surface area contributed by atoms with Gasteiger partial charge in [-0.25, -0.2) is 4.79 Å². The van der Waals surface area contributed by atoms with Crippen LogP contribution in [0.3, 0.4) is 0 Å². The summed E-state index contributed by atoms with van der Waals surface area (Å²) < 4.78 is 13.2. The standard InChI is InChI=1S/C6H10O3.H3O3P/c1-5(2)6(8)9-4-3-7;1-4(2)3/h7H,1,3-4H2,2H3;4H,(H2,1,2,3). The summed E-state index contributed by atoms with van der Waals surface area (Å²) in [6, 6.07) is 0. The van der Waals surface area contributed by atoms with Crippen LogP contribution in [-0.4, -0.2) is 34.1 Å². The summed E-state index contributed by atoms with van der Waals surface area (Å²) in [5, 5.41) is 8.19. The highest BCUT2D eigenvalue weighted by Crippen LogP contribution is 1.98. The smallest absolute Gasteiger partial charge is 0.333 e.